The van der Waals surface area contributed by atoms with Gasteiger partial charge in [0.2, 0.25) is 0 Å². The number of thioether (sulfide) groups is 1. The largest absolute Gasteiger partial charge is 0.469 e. The fourth-order valence-electron chi connectivity index (χ4n) is 4.42. The van der Waals surface area contributed by atoms with Crippen LogP contribution in [0.1, 0.15) is 77.6 Å². The van der Waals surface area contributed by atoms with Crippen LogP contribution in [0.2, 0.25) is 0 Å². The maximum atomic E-state index is 11.1. The number of aliphatic hydroxyl groups is 2. The predicted octanol–water partition coefficient (Wildman–Crippen LogP) is 4.44. The van der Waals surface area contributed by atoms with Crippen LogP contribution in [0.4, 0.5) is 0 Å². The van der Waals surface area contributed by atoms with Gasteiger partial charge in [-0.15, -0.1) is 11.8 Å². The molecule has 1 aliphatic heterocycles. The number of aliphatic hydroxyl groups excluding tert-OH is 1. The number of unbranched alkanes of at least 4 members (excludes halogenated alkanes) is 3. The third kappa shape index (κ3) is 6.28. The highest BCUT2D eigenvalue weighted by atomic mass is 32.2. The summed E-state index contributed by atoms with van der Waals surface area (Å²) in [6, 6.07) is 0. The molecule has 5 heteroatoms. The Bertz CT molecular complexity index is 467. The highest BCUT2D eigenvalue weighted by molar-refractivity contribution is 8.01. The van der Waals surface area contributed by atoms with E-state index in [0.717, 1.165) is 51.4 Å². The molecule has 2 rings (SSSR count). The SMILES string of the molecule is CCCCCC1(O)CC[C@H]2C(CC(O)C2C/C=C\CCCC(=O)OC)S1. The number of hydrogen-bond donors (Lipinski definition) is 2. The normalized spacial score (nSPS) is 34.2. The van der Waals surface area contributed by atoms with Gasteiger partial charge in [-0.05, 0) is 63.2 Å². The van der Waals surface area contributed by atoms with Crippen molar-refractivity contribution in [1.82, 2.24) is 0 Å². The number of ether oxygens (including phenoxy) is 1. The van der Waals surface area contributed by atoms with Crippen molar-refractivity contribution in [2.45, 2.75) is 93.8 Å². The first kappa shape index (κ1) is 21.8. The van der Waals surface area contributed by atoms with Gasteiger partial charge in [-0.3, -0.25) is 4.79 Å². The van der Waals surface area contributed by atoms with Gasteiger partial charge < -0.3 is 14.9 Å². The molecule has 1 heterocycles. The van der Waals surface area contributed by atoms with Crippen LogP contribution >= 0.6 is 11.8 Å². The molecule has 5 atom stereocenters. The minimum atomic E-state index is -0.575. The van der Waals surface area contributed by atoms with Crippen molar-refractivity contribution in [3.05, 3.63) is 12.2 Å². The molecule has 26 heavy (non-hydrogen) atoms. The van der Waals surface area contributed by atoms with Crippen LogP contribution < -0.4 is 0 Å². The van der Waals surface area contributed by atoms with Crippen molar-refractivity contribution in [1.29, 1.82) is 0 Å². The van der Waals surface area contributed by atoms with E-state index >= 15 is 0 Å². The van der Waals surface area contributed by atoms with Gasteiger partial charge >= 0.3 is 5.97 Å². The van der Waals surface area contributed by atoms with Crippen molar-refractivity contribution in [2.24, 2.45) is 11.8 Å². The standard InChI is InChI=1S/C21H36O4S/c1-3-4-9-13-21(24)14-12-17-16(18(22)15-19(17)26-21)10-7-5-6-8-11-20(23)25-2/h5,7,16-19,22,24H,3-4,6,8-15H2,1-2H3/b7-5-/t16?,17-,18?,19?,21?/m1/s1. The van der Waals surface area contributed by atoms with Gasteiger partial charge in [-0.25, -0.2) is 0 Å². The molecule has 0 amide bonds. The lowest BCUT2D eigenvalue weighted by atomic mass is 9.86. The Hall–Kier alpha value is -0.520. The summed E-state index contributed by atoms with van der Waals surface area (Å²) in [5, 5.41) is 21.8. The number of hydrogen-bond acceptors (Lipinski definition) is 5. The van der Waals surface area contributed by atoms with Gasteiger partial charge in [-0.1, -0.05) is 31.9 Å². The second-order valence-electron chi connectivity index (χ2n) is 7.90. The van der Waals surface area contributed by atoms with E-state index in [-0.39, 0.29) is 12.1 Å². The molecule has 4 unspecified atom stereocenters. The number of fused-ring (bicyclic) bond motifs is 1. The lowest BCUT2D eigenvalue weighted by Gasteiger charge is -2.39. The zero-order valence-corrected chi connectivity index (χ0v) is 17.2. The van der Waals surface area contributed by atoms with E-state index in [0.29, 0.717) is 23.5 Å². The number of carbonyl (C=O) groups is 1. The van der Waals surface area contributed by atoms with Crippen molar-refractivity contribution >= 4 is 17.7 Å². The molecule has 0 aromatic heterocycles. The quantitative estimate of drug-likeness (QED) is 0.331. The van der Waals surface area contributed by atoms with E-state index in [1.54, 1.807) is 11.8 Å². The van der Waals surface area contributed by atoms with Crippen LogP contribution in [0.3, 0.4) is 0 Å². The Kier molecular flexibility index (Phi) is 8.98. The first-order valence-electron chi connectivity index (χ1n) is 10.3. The Morgan fingerprint density at radius 1 is 1.31 bits per heavy atom. The fraction of sp³-hybridized carbons (Fsp3) is 0.857. The van der Waals surface area contributed by atoms with E-state index in [1.807, 2.05) is 0 Å². The van der Waals surface area contributed by atoms with Gasteiger partial charge in [-0.2, -0.15) is 0 Å². The molecule has 2 aliphatic rings. The average molecular weight is 385 g/mol. The second kappa shape index (κ2) is 10.7. The molecule has 150 valence electrons. The molecule has 2 N–H and O–H groups in total. The number of rotatable bonds is 10. The Morgan fingerprint density at radius 2 is 2.12 bits per heavy atom. The molecule has 0 aromatic rings. The molecule has 0 spiro atoms. The van der Waals surface area contributed by atoms with E-state index in [9.17, 15) is 15.0 Å². The zero-order chi connectivity index (χ0) is 19.0. The van der Waals surface area contributed by atoms with Gasteiger partial charge in [0.15, 0.2) is 0 Å². The summed E-state index contributed by atoms with van der Waals surface area (Å²) in [4.78, 5) is 10.5. The summed E-state index contributed by atoms with van der Waals surface area (Å²) in [5.74, 6) is 0.670. The molecule has 1 aliphatic carbocycles. The van der Waals surface area contributed by atoms with Gasteiger partial charge in [0.25, 0.3) is 0 Å². The van der Waals surface area contributed by atoms with Crippen molar-refractivity contribution in [2.75, 3.05) is 7.11 Å². The third-order valence-electron chi connectivity index (χ3n) is 5.96. The van der Waals surface area contributed by atoms with Crippen LogP contribution in [-0.4, -0.2) is 39.6 Å². The highest BCUT2D eigenvalue weighted by Crippen LogP contribution is 2.54. The van der Waals surface area contributed by atoms with Gasteiger partial charge in [0.05, 0.1) is 13.2 Å². The number of allylic oxidation sites excluding steroid dienone is 2. The summed E-state index contributed by atoms with van der Waals surface area (Å²) < 4.78 is 4.64. The average Bonchev–Trinajstić information content (AvgIpc) is 2.91. The van der Waals surface area contributed by atoms with Crippen LogP contribution in [0.25, 0.3) is 0 Å². The summed E-state index contributed by atoms with van der Waals surface area (Å²) in [6.45, 7) is 2.19. The van der Waals surface area contributed by atoms with Crippen molar-refractivity contribution in [3.8, 4) is 0 Å². The molecule has 4 nitrogen and oxygen atoms in total. The van der Waals surface area contributed by atoms with E-state index < -0.39 is 4.93 Å². The minimum absolute atomic E-state index is 0.155. The lowest BCUT2D eigenvalue weighted by molar-refractivity contribution is -0.140. The predicted molar refractivity (Wildman–Crippen MR) is 107 cm³/mol. The third-order valence-corrected chi connectivity index (χ3v) is 7.65. The first-order chi connectivity index (χ1) is 12.5. The molecule has 1 saturated heterocycles. The molecule has 0 bridgehead atoms. The topological polar surface area (TPSA) is 66.8 Å². The highest BCUT2D eigenvalue weighted by Gasteiger charge is 2.49. The van der Waals surface area contributed by atoms with E-state index in [1.165, 1.54) is 20.0 Å². The molecule has 0 aromatic carbocycles. The fourth-order valence-corrected chi connectivity index (χ4v) is 6.29. The Labute approximate surface area is 162 Å². The Morgan fingerprint density at radius 3 is 2.85 bits per heavy atom. The number of carbonyl (C=O) groups excluding carboxylic acids is 1. The van der Waals surface area contributed by atoms with Crippen LogP contribution in [0.15, 0.2) is 12.2 Å². The first-order valence-corrected chi connectivity index (χ1v) is 11.2. The summed E-state index contributed by atoms with van der Waals surface area (Å²) >= 11 is 1.74. The maximum Gasteiger partial charge on any atom is 0.305 e. The maximum absolute atomic E-state index is 11.1. The van der Waals surface area contributed by atoms with Gasteiger partial charge in [0.1, 0.15) is 4.93 Å². The zero-order valence-electron chi connectivity index (χ0n) is 16.4. The summed E-state index contributed by atoms with van der Waals surface area (Å²) in [6.07, 6.45) is 14.1. The van der Waals surface area contributed by atoms with Crippen molar-refractivity contribution in [3.63, 3.8) is 0 Å². The van der Waals surface area contributed by atoms with Crippen molar-refractivity contribution < 1.29 is 19.7 Å². The number of methoxy groups -OCH3 is 1. The summed E-state index contributed by atoms with van der Waals surface area (Å²) in [7, 11) is 1.42. The molecular weight excluding hydrogens is 348 g/mol. The molecule has 1 saturated carbocycles. The molecular formula is C21H36O4S. The van der Waals surface area contributed by atoms with E-state index in [4.69, 9.17) is 0 Å². The monoisotopic (exact) mass is 384 g/mol. The van der Waals surface area contributed by atoms with Crippen LogP contribution in [0, 0.1) is 11.8 Å². The van der Waals surface area contributed by atoms with Crippen LogP contribution in [-0.2, 0) is 9.53 Å². The molecule has 0 radical (unpaired) electrons. The van der Waals surface area contributed by atoms with Gasteiger partial charge in [0, 0.05) is 11.7 Å². The number of esters is 1. The smallest absolute Gasteiger partial charge is 0.305 e. The Balaban J connectivity index is 1.76. The summed E-state index contributed by atoms with van der Waals surface area (Å²) in [5.41, 5.74) is 0. The van der Waals surface area contributed by atoms with E-state index in [2.05, 4.69) is 23.8 Å². The lowest BCUT2D eigenvalue weighted by Crippen LogP contribution is -2.36. The second-order valence-corrected chi connectivity index (χ2v) is 9.51. The van der Waals surface area contributed by atoms with Crippen LogP contribution in [0.5, 0.6) is 0 Å². The minimum Gasteiger partial charge on any atom is -0.469 e. The molecule has 2 fully saturated rings.